The van der Waals surface area contributed by atoms with Crippen molar-refractivity contribution in [3.05, 3.63) is 43.7 Å². The maximum Gasteiger partial charge on any atom is 0.253 e. The van der Waals surface area contributed by atoms with Gasteiger partial charge in [0.05, 0.1) is 132 Å². The van der Waals surface area contributed by atoms with Crippen molar-refractivity contribution in [3.63, 3.8) is 0 Å². The Hall–Kier alpha value is -0.760. The highest BCUT2D eigenvalue weighted by Crippen LogP contribution is 2.37. The molecule has 0 radical (unpaired) electrons. The molecule has 0 aliphatic heterocycles. The van der Waals surface area contributed by atoms with Gasteiger partial charge in [-0.15, -0.1) is 0 Å². The van der Waals surface area contributed by atoms with Crippen LogP contribution >= 0.6 is 136 Å². The third-order valence-corrected chi connectivity index (χ3v) is 14.8. The first-order valence-corrected chi connectivity index (χ1v) is 24.3. The summed E-state index contributed by atoms with van der Waals surface area (Å²) in [6.45, 7) is -6.03. The molecule has 0 aliphatic rings. The number of benzene rings is 2. The van der Waals surface area contributed by atoms with Crippen molar-refractivity contribution in [1.29, 1.82) is 0 Å². The van der Waals surface area contributed by atoms with Gasteiger partial charge in [0, 0.05) is 26.8 Å². The Kier molecular flexibility index (Phi) is 26.3. The molecular weight excluding hydrogens is 1510 g/mol. The van der Waals surface area contributed by atoms with E-state index in [4.69, 9.17) is 0 Å². The largest absolute Gasteiger partial charge is 0.395 e. The zero-order chi connectivity index (χ0) is 47.0. The van der Waals surface area contributed by atoms with Gasteiger partial charge < -0.3 is 77.9 Å². The van der Waals surface area contributed by atoms with E-state index in [9.17, 15) is 74.7 Å². The number of amides is 6. The van der Waals surface area contributed by atoms with Gasteiger partial charge in [-0.2, -0.15) is 0 Å². The molecular formula is C34H43I6N7O15. The molecule has 2 aromatic rings. The first-order valence-electron chi connectivity index (χ1n) is 17.8. The van der Waals surface area contributed by atoms with Gasteiger partial charge in [0.2, 0.25) is 11.8 Å². The number of hydrogen-bond acceptors (Lipinski definition) is 16. The second-order valence-corrected chi connectivity index (χ2v) is 19.1. The van der Waals surface area contributed by atoms with Crippen molar-refractivity contribution < 1.29 is 74.7 Å². The normalized spacial score (nSPS) is 13.2. The third kappa shape index (κ3) is 15.4. The molecule has 0 aromatic heterocycles. The van der Waals surface area contributed by atoms with Gasteiger partial charge in [-0.25, -0.2) is 0 Å². The lowest BCUT2D eigenvalue weighted by Gasteiger charge is -2.25. The molecule has 2 rings (SSSR count). The quantitative estimate of drug-likeness (QED) is 0.0484. The van der Waals surface area contributed by atoms with Crippen LogP contribution in [0.15, 0.2) is 0 Å². The fraction of sp³-hybridized carbons (Fsp3) is 0.471. The summed E-state index contributed by atoms with van der Waals surface area (Å²) in [5, 5.41) is 102. The number of carbonyl (C=O) groups excluding carboxylic acids is 6. The van der Waals surface area contributed by atoms with Crippen LogP contribution in [0, 0.1) is 21.4 Å². The summed E-state index contributed by atoms with van der Waals surface area (Å²) < 4.78 is 0.828. The molecule has 0 saturated carbocycles. The zero-order valence-corrected chi connectivity index (χ0v) is 44.9. The lowest BCUT2D eigenvalue weighted by molar-refractivity contribution is -0.120. The monoisotopic (exact) mass is 1550 g/mol. The second-order valence-electron chi connectivity index (χ2n) is 12.6. The Balaban J connectivity index is 2.60. The highest BCUT2D eigenvalue weighted by atomic mass is 127. The van der Waals surface area contributed by atoms with Crippen LogP contribution in [-0.4, -0.2) is 190 Å². The minimum Gasteiger partial charge on any atom is -0.395 e. The first kappa shape index (κ1) is 57.4. The molecule has 0 heterocycles. The van der Waals surface area contributed by atoms with Gasteiger partial charge in [-0.05, 0) is 136 Å². The van der Waals surface area contributed by atoms with Crippen LogP contribution < -0.4 is 31.9 Å². The number of nitrogens with zero attached hydrogens (tertiary/aromatic N) is 1. The van der Waals surface area contributed by atoms with E-state index < -0.39 is 106 Å². The van der Waals surface area contributed by atoms with E-state index >= 15 is 0 Å². The van der Waals surface area contributed by atoms with E-state index in [2.05, 4.69) is 31.9 Å². The predicted octanol–water partition coefficient (Wildman–Crippen LogP) is -2.48. The molecule has 0 spiro atoms. The molecule has 2 aromatic carbocycles. The number of anilines is 2. The van der Waals surface area contributed by atoms with E-state index in [0.29, 0.717) is 0 Å². The molecule has 22 nitrogen and oxygen atoms in total. The van der Waals surface area contributed by atoms with Crippen LogP contribution in [0.2, 0.25) is 0 Å². The highest BCUT2D eigenvalue weighted by Gasteiger charge is 2.33. The van der Waals surface area contributed by atoms with Crippen molar-refractivity contribution in [2.45, 2.75) is 24.3 Å². The van der Waals surface area contributed by atoms with Gasteiger partial charge >= 0.3 is 0 Å². The average Bonchev–Trinajstić information content (AvgIpc) is 3.22. The van der Waals surface area contributed by atoms with Gasteiger partial charge in [0.25, 0.3) is 23.6 Å². The molecule has 4 atom stereocenters. The van der Waals surface area contributed by atoms with Crippen LogP contribution in [-0.2, 0) is 9.59 Å². The maximum absolute atomic E-state index is 13.8. The molecule has 0 bridgehead atoms. The lowest BCUT2D eigenvalue weighted by atomic mass is 10.1. The van der Waals surface area contributed by atoms with Crippen molar-refractivity contribution in [2.24, 2.45) is 0 Å². The Morgan fingerprint density at radius 2 is 0.790 bits per heavy atom. The smallest absolute Gasteiger partial charge is 0.253 e. The van der Waals surface area contributed by atoms with Crippen molar-refractivity contribution >= 4 is 182 Å². The van der Waals surface area contributed by atoms with Crippen LogP contribution in [0.25, 0.3) is 0 Å². The number of nitrogens with one attached hydrogen (secondary N) is 6. The summed E-state index contributed by atoms with van der Waals surface area (Å²) in [5.74, 6) is -4.73. The summed E-state index contributed by atoms with van der Waals surface area (Å²) in [6, 6.07) is -2.72. The third-order valence-electron chi connectivity index (χ3n) is 8.35. The topological polar surface area (TPSA) is 360 Å². The molecule has 0 fully saturated rings. The van der Waals surface area contributed by atoms with Crippen LogP contribution in [0.3, 0.4) is 0 Å². The molecule has 0 aliphatic carbocycles. The summed E-state index contributed by atoms with van der Waals surface area (Å²) in [7, 11) is 0. The zero-order valence-electron chi connectivity index (χ0n) is 32.0. The minimum absolute atomic E-state index is 0.00346. The van der Waals surface area contributed by atoms with Crippen LogP contribution in [0.4, 0.5) is 11.4 Å². The summed E-state index contributed by atoms with van der Waals surface area (Å²) in [5.41, 5.74) is -0.424. The number of halogens is 6. The first-order chi connectivity index (χ1) is 29.3. The van der Waals surface area contributed by atoms with Gasteiger partial charge in [0.15, 0.2) is 0 Å². The molecule has 6 amide bonds. The van der Waals surface area contributed by atoms with Crippen LogP contribution in [0.1, 0.15) is 41.4 Å². The Morgan fingerprint density at radius 1 is 0.468 bits per heavy atom. The maximum atomic E-state index is 13.8. The van der Waals surface area contributed by atoms with E-state index in [1.807, 2.05) is 67.8 Å². The molecule has 28 heteroatoms. The summed E-state index contributed by atoms with van der Waals surface area (Å²) >= 11 is 10.6. The average molecular weight is 1550 g/mol. The predicted molar refractivity (Wildman–Crippen MR) is 272 cm³/mol. The van der Waals surface area contributed by atoms with Crippen molar-refractivity contribution in [3.8, 4) is 0 Å². The van der Waals surface area contributed by atoms with Crippen LogP contribution in [0.5, 0.6) is 0 Å². The summed E-state index contributed by atoms with van der Waals surface area (Å²) in [6.07, 6.45) is -3.17. The van der Waals surface area contributed by atoms with E-state index in [1.54, 1.807) is 67.8 Å². The van der Waals surface area contributed by atoms with E-state index in [0.717, 1.165) is 0 Å². The Labute approximate surface area is 435 Å². The van der Waals surface area contributed by atoms with Crippen molar-refractivity contribution in [2.75, 3.05) is 89.6 Å². The van der Waals surface area contributed by atoms with Crippen molar-refractivity contribution in [1.82, 2.24) is 26.2 Å². The van der Waals surface area contributed by atoms with Gasteiger partial charge in [-0.3, -0.25) is 33.7 Å². The molecule has 0 saturated heterocycles. The second kappa shape index (κ2) is 28.4. The molecule has 346 valence electrons. The van der Waals surface area contributed by atoms with E-state index in [-0.39, 0.29) is 87.9 Å². The SMILES string of the molecule is O=C(CN(CCO)CC(=O)Nc1c(I)c(C(=O)NC(CO)C(O)CO)c(I)c(C(=O)NC(CO)C(O)CO)c1I)Nc1c(I)c(C(=O)NCCO)c(I)c(C(=O)NCCO)c1I. The fourth-order valence-electron chi connectivity index (χ4n) is 5.24. The number of hydrogen-bond donors (Lipinski definition) is 15. The molecule has 4 unspecified atom stereocenters. The number of rotatable bonds is 24. The standard InChI is InChI=1S/C34H43I6N7O15/c35-23-19(31(59)41-1-4-48)25(37)29(26(38)20(23)32(60)42-2-5-49)45-17(57)7-47(3-6-50)8-18(58)46-30-27(39)21(33(61)43-13(9-51)15(55)11-53)24(36)22(28(30)40)34(62)44-14(10-52)16(56)12-54/h13-16,48-56H,1-12H2,(H,41,59)(H,42,60)(H,43,61)(H,44,62)(H,45,57)(H,46,58). The number of aliphatic hydroxyl groups is 9. The lowest BCUT2D eigenvalue weighted by Crippen LogP contribution is -2.48. The highest BCUT2D eigenvalue weighted by molar-refractivity contribution is 14.1. The number of aliphatic hydroxyl groups excluding tert-OH is 9. The number of carbonyl (C=O) groups is 6. The molecule has 15 N–H and O–H groups in total. The minimum atomic E-state index is -1.58. The summed E-state index contributed by atoms with van der Waals surface area (Å²) in [4.78, 5) is 82.5. The fourth-order valence-corrected chi connectivity index (χ4v) is 14.1. The van der Waals surface area contributed by atoms with Gasteiger partial charge in [-0.1, -0.05) is 0 Å². The Morgan fingerprint density at radius 3 is 1.06 bits per heavy atom. The molecule has 62 heavy (non-hydrogen) atoms. The van der Waals surface area contributed by atoms with E-state index in [1.165, 1.54) is 4.90 Å². The van der Waals surface area contributed by atoms with Gasteiger partial charge in [0.1, 0.15) is 0 Å². The Bertz CT molecular complexity index is 1860.